The minimum atomic E-state index is -3.85. The van der Waals surface area contributed by atoms with Crippen LogP contribution in [-0.2, 0) is 13.8 Å². The van der Waals surface area contributed by atoms with Crippen molar-refractivity contribution in [3.05, 3.63) is 28.8 Å². The monoisotopic (exact) mass is 319 g/mol. The van der Waals surface area contributed by atoms with Crippen LogP contribution in [0.15, 0.2) is 17.0 Å². The second-order valence-electron chi connectivity index (χ2n) is 4.45. The smallest absolute Gasteiger partial charge is 0.261 e. The van der Waals surface area contributed by atoms with E-state index in [1.54, 1.807) is 21.0 Å². The van der Waals surface area contributed by atoms with Crippen LogP contribution in [-0.4, -0.2) is 34.6 Å². The number of nitrogens with one attached hydrogen (secondary N) is 1. The molecule has 0 fully saturated rings. The average molecular weight is 320 g/mol. The lowest BCUT2D eigenvalue weighted by Crippen LogP contribution is -2.26. The number of benzene rings is 1. The molecule has 20 heavy (non-hydrogen) atoms. The van der Waals surface area contributed by atoms with E-state index in [-0.39, 0.29) is 10.8 Å². The highest BCUT2D eigenvalue weighted by Crippen LogP contribution is 2.22. The van der Waals surface area contributed by atoms with E-state index in [0.717, 1.165) is 5.56 Å². The number of hydrogen-bond donors (Lipinski definition) is 1. The molecule has 0 heterocycles. The van der Waals surface area contributed by atoms with Gasteiger partial charge in [-0.2, -0.15) is 0 Å². The molecule has 7 heteroatoms. The fraction of sp³-hybridized carbons (Fsp3) is 0.462. The van der Waals surface area contributed by atoms with Crippen molar-refractivity contribution in [1.29, 1.82) is 0 Å². The zero-order chi connectivity index (χ0) is 15.3. The number of carbonyl (C=O) groups is 1. The fourth-order valence-corrected chi connectivity index (χ4v) is 2.56. The van der Waals surface area contributed by atoms with Crippen LogP contribution in [0.1, 0.15) is 27.9 Å². The lowest BCUT2D eigenvalue weighted by atomic mass is 10.0. The highest BCUT2D eigenvalue weighted by atomic mass is 35.7. The summed E-state index contributed by atoms with van der Waals surface area (Å²) in [6.45, 7) is 4.52. The molecule has 0 aliphatic carbocycles. The summed E-state index contributed by atoms with van der Waals surface area (Å²) in [7, 11) is 3.06. The van der Waals surface area contributed by atoms with E-state index in [1.165, 1.54) is 12.1 Å². The summed E-state index contributed by atoms with van der Waals surface area (Å²) in [6, 6.07) is 2.76. The van der Waals surface area contributed by atoms with Gasteiger partial charge in [0, 0.05) is 36.5 Å². The summed E-state index contributed by atoms with van der Waals surface area (Å²) in [5.41, 5.74) is 1.76. The molecule has 0 unspecified atom stereocenters. The molecule has 5 nitrogen and oxygen atoms in total. The van der Waals surface area contributed by atoms with E-state index in [4.69, 9.17) is 15.4 Å². The third-order valence-electron chi connectivity index (χ3n) is 2.98. The molecule has 0 aromatic heterocycles. The molecule has 0 radical (unpaired) electrons. The zero-order valence-corrected chi connectivity index (χ0v) is 13.3. The Bertz CT molecular complexity index is 599. The van der Waals surface area contributed by atoms with Crippen LogP contribution in [0.25, 0.3) is 0 Å². The topological polar surface area (TPSA) is 72.5 Å². The predicted octanol–water partition coefficient (Wildman–Crippen LogP) is 2.00. The zero-order valence-electron chi connectivity index (χ0n) is 11.7. The van der Waals surface area contributed by atoms with E-state index in [9.17, 15) is 13.2 Å². The van der Waals surface area contributed by atoms with Gasteiger partial charge in [0.1, 0.15) is 0 Å². The van der Waals surface area contributed by atoms with Gasteiger partial charge in [0.15, 0.2) is 0 Å². The number of hydrogen-bond acceptors (Lipinski definition) is 4. The summed E-state index contributed by atoms with van der Waals surface area (Å²) >= 11 is 0. The molecule has 112 valence electrons. The predicted molar refractivity (Wildman–Crippen MR) is 77.8 cm³/mol. The van der Waals surface area contributed by atoms with Gasteiger partial charge >= 0.3 is 0 Å². The van der Waals surface area contributed by atoms with Crippen molar-refractivity contribution < 1.29 is 17.9 Å². The Morgan fingerprint density at radius 3 is 2.55 bits per heavy atom. The Morgan fingerprint density at radius 2 is 2.00 bits per heavy atom. The maximum absolute atomic E-state index is 12.1. The Labute approximate surface area is 123 Å². The molecular weight excluding hydrogens is 302 g/mol. The van der Waals surface area contributed by atoms with Crippen LogP contribution >= 0.6 is 10.7 Å². The SMILES string of the molecule is COCCCNC(=O)c1cc(S(=O)(=O)Cl)cc(C)c1C. The number of rotatable bonds is 6. The molecule has 1 aromatic carbocycles. The summed E-state index contributed by atoms with van der Waals surface area (Å²) in [5.74, 6) is -0.316. The molecule has 1 N–H and O–H groups in total. The van der Waals surface area contributed by atoms with Crippen LogP contribution in [0.4, 0.5) is 0 Å². The summed E-state index contributed by atoms with van der Waals surface area (Å²) in [6.07, 6.45) is 0.688. The van der Waals surface area contributed by atoms with E-state index >= 15 is 0 Å². The van der Waals surface area contributed by atoms with Crippen molar-refractivity contribution in [1.82, 2.24) is 5.32 Å². The molecule has 0 bridgehead atoms. The second kappa shape index (κ2) is 7.06. The van der Waals surface area contributed by atoms with E-state index in [0.29, 0.717) is 30.7 Å². The van der Waals surface area contributed by atoms with Gasteiger partial charge in [-0.3, -0.25) is 4.79 Å². The normalized spacial score (nSPS) is 11.4. The van der Waals surface area contributed by atoms with Gasteiger partial charge in [-0.15, -0.1) is 0 Å². The average Bonchev–Trinajstić information content (AvgIpc) is 2.36. The Kier molecular flexibility index (Phi) is 5.98. The number of halogens is 1. The maximum Gasteiger partial charge on any atom is 0.261 e. The van der Waals surface area contributed by atoms with E-state index in [1.807, 2.05) is 0 Å². The molecule has 1 aromatic rings. The highest BCUT2D eigenvalue weighted by molar-refractivity contribution is 8.13. The first kappa shape index (κ1) is 16.9. The van der Waals surface area contributed by atoms with Gasteiger partial charge < -0.3 is 10.1 Å². The molecule has 1 rings (SSSR count). The summed E-state index contributed by atoms with van der Waals surface area (Å²) in [5, 5.41) is 2.72. The van der Waals surface area contributed by atoms with Crippen molar-refractivity contribution in [2.45, 2.75) is 25.2 Å². The van der Waals surface area contributed by atoms with Crippen molar-refractivity contribution in [3.8, 4) is 0 Å². The van der Waals surface area contributed by atoms with E-state index < -0.39 is 9.05 Å². The first-order chi connectivity index (χ1) is 9.27. The van der Waals surface area contributed by atoms with Crippen LogP contribution in [0.2, 0.25) is 0 Å². The maximum atomic E-state index is 12.1. The molecule has 0 aliphatic rings. The summed E-state index contributed by atoms with van der Waals surface area (Å²) in [4.78, 5) is 12.0. The highest BCUT2D eigenvalue weighted by Gasteiger charge is 2.17. The first-order valence-electron chi connectivity index (χ1n) is 6.10. The number of aryl methyl sites for hydroxylation is 1. The standard InChI is InChI=1S/C13H18ClNO4S/c1-9-7-11(20(14,17)18)8-12(10(9)2)13(16)15-5-4-6-19-3/h7-8H,4-6H2,1-3H3,(H,15,16). The molecule has 0 atom stereocenters. The Hall–Kier alpha value is -1.11. The van der Waals surface area contributed by atoms with Crippen molar-refractivity contribution in [2.75, 3.05) is 20.3 Å². The number of amides is 1. The molecule has 0 saturated heterocycles. The third-order valence-corrected chi connectivity index (χ3v) is 4.31. The number of methoxy groups -OCH3 is 1. The van der Waals surface area contributed by atoms with Crippen molar-refractivity contribution in [2.24, 2.45) is 0 Å². The molecule has 0 spiro atoms. The Balaban J connectivity index is 2.99. The lowest BCUT2D eigenvalue weighted by Gasteiger charge is -2.11. The van der Waals surface area contributed by atoms with Gasteiger partial charge in [0.05, 0.1) is 4.90 Å². The van der Waals surface area contributed by atoms with Gasteiger partial charge in [0.25, 0.3) is 15.0 Å². The first-order valence-corrected chi connectivity index (χ1v) is 8.41. The van der Waals surface area contributed by atoms with Crippen LogP contribution in [0, 0.1) is 13.8 Å². The molecule has 0 aliphatic heterocycles. The van der Waals surface area contributed by atoms with E-state index in [2.05, 4.69) is 5.32 Å². The van der Waals surface area contributed by atoms with Crippen LogP contribution in [0.3, 0.4) is 0 Å². The third kappa shape index (κ3) is 4.47. The largest absolute Gasteiger partial charge is 0.385 e. The minimum Gasteiger partial charge on any atom is -0.385 e. The lowest BCUT2D eigenvalue weighted by molar-refractivity contribution is 0.0947. The van der Waals surface area contributed by atoms with Gasteiger partial charge in [0.2, 0.25) is 0 Å². The second-order valence-corrected chi connectivity index (χ2v) is 7.02. The quantitative estimate of drug-likeness (QED) is 0.643. The number of ether oxygens (including phenoxy) is 1. The van der Waals surface area contributed by atoms with Crippen molar-refractivity contribution in [3.63, 3.8) is 0 Å². The summed E-state index contributed by atoms with van der Waals surface area (Å²) < 4.78 is 27.7. The fourth-order valence-electron chi connectivity index (χ4n) is 1.72. The van der Waals surface area contributed by atoms with Crippen LogP contribution < -0.4 is 5.32 Å². The van der Waals surface area contributed by atoms with Gasteiger partial charge in [-0.25, -0.2) is 8.42 Å². The minimum absolute atomic E-state index is 0.0655. The Morgan fingerprint density at radius 1 is 1.35 bits per heavy atom. The molecule has 1 amide bonds. The number of carbonyl (C=O) groups excluding carboxylic acids is 1. The van der Waals surface area contributed by atoms with Crippen LogP contribution in [0.5, 0.6) is 0 Å². The molecule has 0 saturated carbocycles. The van der Waals surface area contributed by atoms with Gasteiger partial charge in [-0.05, 0) is 43.5 Å². The van der Waals surface area contributed by atoms with Gasteiger partial charge in [-0.1, -0.05) is 0 Å². The molecular formula is C13H18ClNO4S. The van der Waals surface area contributed by atoms with Crippen molar-refractivity contribution >= 4 is 25.6 Å².